The summed E-state index contributed by atoms with van der Waals surface area (Å²) in [7, 11) is 0. The Bertz CT molecular complexity index is 388. The van der Waals surface area contributed by atoms with Crippen molar-refractivity contribution in [3.63, 3.8) is 0 Å². The van der Waals surface area contributed by atoms with E-state index in [1.165, 1.54) is 38.2 Å². The molecule has 1 atom stereocenters. The standard InChI is InChI=1S/C16H24BrClN2/c1-14(6-8-17)7-9-19-10-12-20(13-11-19)16-4-2-15(18)3-5-16/h2-5,14H,6-13H2,1H3. The van der Waals surface area contributed by atoms with Crippen LogP contribution in [0.5, 0.6) is 0 Å². The van der Waals surface area contributed by atoms with Crippen molar-refractivity contribution < 1.29 is 0 Å². The van der Waals surface area contributed by atoms with Crippen LogP contribution in [-0.2, 0) is 0 Å². The first-order valence-corrected chi connectivity index (χ1v) is 8.98. The summed E-state index contributed by atoms with van der Waals surface area (Å²) >= 11 is 9.47. The molecule has 0 aliphatic carbocycles. The Labute approximate surface area is 136 Å². The molecule has 20 heavy (non-hydrogen) atoms. The topological polar surface area (TPSA) is 6.48 Å². The average molecular weight is 360 g/mol. The van der Waals surface area contributed by atoms with Gasteiger partial charge in [0, 0.05) is 42.2 Å². The van der Waals surface area contributed by atoms with Gasteiger partial charge >= 0.3 is 0 Å². The van der Waals surface area contributed by atoms with Crippen molar-refractivity contribution in [2.75, 3.05) is 43.0 Å². The van der Waals surface area contributed by atoms with Gasteiger partial charge in [-0.15, -0.1) is 0 Å². The van der Waals surface area contributed by atoms with E-state index in [2.05, 4.69) is 44.8 Å². The van der Waals surface area contributed by atoms with Crippen molar-refractivity contribution in [2.45, 2.75) is 19.8 Å². The van der Waals surface area contributed by atoms with Crippen molar-refractivity contribution in [1.82, 2.24) is 4.90 Å². The number of rotatable bonds is 6. The van der Waals surface area contributed by atoms with Gasteiger partial charge in [-0.3, -0.25) is 4.90 Å². The van der Waals surface area contributed by atoms with E-state index >= 15 is 0 Å². The van der Waals surface area contributed by atoms with Crippen LogP contribution in [0, 0.1) is 5.92 Å². The molecule has 1 aromatic rings. The number of hydrogen-bond acceptors (Lipinski definition) is 2. The van der Waals surface area contributed by atoms with Crippen molar-refractivity contribution in [2.24, 2.45) is 5.92 Å². The monoisotopic (exact) mass is 358 g/mol. The summed E-state index contributed by atoms with van der Waals surface area (Å²) in [5.74, 6) is 0.823. The number of benzene rings is 1. The fourth-order valence-corrected chi connectivity index (χ4v) is 3.52. The van der Waals surface area contributed by atoms with Crippen LogP contribution in [0.15, 0.2) is 24.3 Å². The van der Waals surface area contributed by atoms with Gasteiger partial charge in [-0.05, 0) is 49.6 Å². The third-order valence-corrected chi connectivity index (χ3v) is 4.81. The molecule has 0 N–H and O–H groups in total. The zero-order valence-electron chi connectivity index (χ0n) is 12.2. The maximum absolute atomic E-state index is 5.94. The second-order valence-corrected chi connectivity index (χ2v) is 6.91. The summed E-state index contributed by atoms with van der Waals surface area (Å²) in [5.41, 5.74) is 1.29. The Morgan fingerprint density at radius 2 is 1.75 bits per heavy atom. The molecule has 1 aliphatic heterocycles. The van der Waals surface area contributed by atoms with E-state index in [0.717, 1.165) is 29.4 Å². The molecule has 4 heteroatoms. The number of piperazine rings is 1. The van der Waals surface area contributed by atoms with Crippen LogP contribution < -0.4 is 4.90 Å². The van der Waals surface area contributed by atoms with Crippen LogP contribution in [0.2, 0.25) is 5.02 Å². The van der Waals surface area contributed by atoms with Crippen LogP contribution >= 0.6 is 27.5 Å². The highest BCUT2D eigenvalue weighted by Gasteiger charge is 2.17. The van der Waals surface area contributed by atoms with Crippen LogP contribution in [-0.4, -0.2) is 43.0 Å². The second-order valence-electron chi connectivity index (χ2n) is 5.68. The molecule has 1 saturated heterocycles. The minimum absolute atomic E-state index is 0.813. The van der Waals surface area contributed by atoms with E-state index in [1.54, 1.807) is 0 Å². The highest BCUT2D eigenvalue weighted by atomic mass is 79.9. The number of nitrogens with zero attached hydrogens (tertiary/aromatic N) is 2. The van der Waals surface area contributed by atoms with Gasteiger partial charge < -0.3 is 4.90 Å². The van der Waals surface area contributed by atoms with Crippen molar-refractivity contribution in [3.8, 4) is 0 Å². The largest absolute Gasteiger partial charge is 0.369 e. The zero-order chi connectivity index (χ0) is 14.4. The van der Waals surface area contributed by atoms with E-state index in [9.17, 15) is 0 Å². The summed E-state index contributed by atoms with van der Waals surface area (Å²) in [6.07, 6.45) is 2.59. The van der Waals surface area contributed by atoms with Gasteiger partial charge in [0.05, 0.1) is 0 Å². The molecular formula is C16H24BrClN2. The zero-order valence-corrected chi connectivity index (χ0v) is 14.5. The molecule has 1 heterocycles. The molecular weight excluding hydrogens is 336 g/mol. The highest BCUT2D eigenvalue weighted by Crippen LogP contribution is 2.20. The highest BCUT2D eigenvalue weighted by molar-refractivity contribution is 9.09. The van der Waals surface area contributed by atoms with Crippen molar-refractivity contribution in [3.05, 3.63) is 29.3 Å². The van der Waals surface area contributed by atoms with Crippen LogP contribution in [0.4, 0.5) is 5.69 Å². The molecule has 0 spiro atoms. The van der Waals surface area contributed by atoms with Crippen molar-refractivity contribution >= 4 is 33.2 Å². The number of hydrogen-bond donors (Lipinski definition) is 0. The van der Waals surface area contributed by atoms with Gasteiger partial charge in [-0.25, -0.2) is 0 Å². The molecule has 0 saturated carbocycles. The van der Waals surface area contributed by atoms with E-state index in [0.29, 0.717) is 0 Å². The Morgan fingerprint density at radius 3 is 2.35 bits per heavy atom. The first-order chi connectivity index (χ1) is 9.69. The maximum Gasteiger partial charge on any atom is 0.0407 e. The molecule has 1 unspecified atom stereocenters. The van der Waals surface area contributed by atoms with Crippen LogP contribution in [0.25, 0.3) is 0 Å². The summed E-state index contributed by atoms with van der Waals surface area (Å²) in [5, 5.41) is 1.94. The Kier molecular flexibility index (Phi) is 6.66. The predicted molar refractivity (Wildman–Crippen MR) is 92.3 cm³/mol. The molecule has 112 valence electrons. The summed E-state index contributed by atoms with van der Waals surface area (Å²) in [6.45, 7) is 8.17. The molecule has 0 bridgehead atoms. The smallest absolute Gasteiger partial charge is 0.0407 e. The lowest BCUT2D eigenvalue weighted by molar-refractivity contribution is 0.240. The molecule has 1 aliphatic rings. The maximum atomic E-state index is 5.94. The number of alkyl halides is 1. The molecule has 1 aromatic carbocycles. The normalized spacial score (nSPS) is 18.2. The summed E-state index contributed by atoms with van der Waals surface area (Å²) in [6, 6.07) is 8.20. The van der Waals surface area contributed by atoms with Gasteiger partial charge in [0.2, 0.25) is 0 Å². The lowest BCUT2D eigenvalue weighted by atomic mass is 10.0. The Hall–Kier alpha value is -0.250. The average Bonchev–Trinajstić information content (AvgIpc) is 2.47. The molecule has 0 aromatic heterocycles. The Morgan fingerprint density at radius 1 is 1.10 bits per heavy atom. The van der Waals surface area contributed by atoms with Gasteiger partial charge in [0.25, 0.3) is 0 Å². The number of halogens is 2. The predicted octanol–water partition coefficient (Wildman–Crippen LogP) is 4.27. The first-order valence-electron chi connectivity index (χ1n) is 7.48. The van der Waals surface area contributed by atoms with Gasteiger partial charge in [-0.2, -0.15) is 0 Å². The lowest BCUT2D eigenvalue weighted by Gasteiger charge is -2.36. The minimum atomic E-state index is 0.813. The fourth-order valence-electron chi connectivity index (χ4n) is 2.62. The molecule has 0 amide bonds. The van der Waals surface area contributed by atoms with Crippen LogP contribution in [0.3, 0.4) is 0 Å². The van der Waals surface area contributed by atoms with Gasteiger partial charge in [0.1, 0.15) is 0 Å². The summed E-state index contributed by atoms with van der Waals surface area (Å²) in [4.78, 5) is 5.05. The third-order valence-electron chi connectivity index (χ3n) is 4.10. The first kappa shape index (κ1) is 16.1. The molecule has 2 nitrogen and oxygen atoms in total. The van der Waals surface area contributed by atoms with E-state index < -0.39 is 0 Å². The third kappa shape index (κ3) is 4.94. The molecule has 1 fully saturated rings. The van der Waals surface area contributed by atoms with Crippen LogP contribution in [0.1, 0.15) is 19.8 Å². The van der Waals surface area contributed by atoms with Gasteiger partial charge in [0.15, 0.2) is 0 Å². The Balaban J connectivity index is 1.73. The SMILES string of the molecule is CC(CCBr)CCN1CCN(c2ccc(Cl)cc2)CC1. The van der Waals surface area contributed by atoms with E-state index in [1.807, 2.05) is 12.1 Å². The fraction of sp³-hybridized carbons (Fsp3) is 0.625. The van der Waals surface area contributed by atoms with Gasteiger partial charge in [-0.1, -0.05) is 34.5 Å². The molecule has 2 rings (SSSR count). The lowest BCUT2D eigenvalue weighted by Crippen LogP contribution is -2.46. The summed E-state index contributed by atoms with van der Waals surface area (Å²) < 4.78 is 0. The second kappa shape index (κ2) is 8.26. The van der Waals surface area contributed by atoms with Crippen molar-refractivity contribution in [1.29, 1.82) is 0 Å². The van der Waals surface area contributed by atoms with E-state index in [4.69, 9.17) is 11.6 Å². The molecule has 0 radical (unpaired) electrons. The number of anilines is 1. The quantitative estimate of drug-likeness (QED) is 0.700. The minimum Gasteiger partial charge on any atom is -0.369 e. The van der Waals surface area contributed by atoms with E-state index in [-0.39, 0.29) is 0 Å².